The van der Waals surface area contributed by atoms with Crippen LogP contribution in [0.2, 0.25) is 0 Å². The fourth-order valence-electron chi connectivity index (χ4n) is 1.62. The van der Waals surface area contributed by atoms with Gasteiger partial charge < -0.3 is 14.5 Å². The van der Waals surface area contributed by atoms with E-state index in [1.165, 1.54) is 6.26 Å². The highest BCUT2D eigenvalue weighted by molar-refractivity contribution is 5.91. The standard InChI is InChI=1S/C15H15NO4/c1-11-5-2-3-6-12(11)20-14(17)8-9-16-15(18)13-7-4-10-19-13/h2-7,10H,8-9H2,1H3,(H,16,18). The van der Waals surface area contributed by atoms with Crippen LogP contribution in [0.15, 0.2) is 47.1 Å². The monoisotopic (exact) mass is 273 g/mol. The van der Waals surface area contributed by atoms with Crippen LogP contribution in [-0.4, -0.2) is 18.4 Å². The molecule has 0 saturated heterocycles. The number of hydrogen-bond acceptors (Lipinski definition) is 4. The van der Waals surface area contributed by atoms with Gasteiger partial charge in [-0.25, -0.2) is 0 Å². The number of nitrogens with one attached hydrogen (secondary N) is 1. The summed E-state index contributed by atoms with van der Waals surface area (Å²) in [6, 6.07) is 10.4. The van der Waals surface area contributed by atoms with E-state index in [0.717, 1.165) is 5.56 Å². The highest BCUT2D eigenvalue weighted by Crippen LogP contribution is 2.16. The lowest BCUT2D eigenvalue weighted by Crippen LogP contribution is -2.26. The predicted molar refractivity (Wildman–Crippen MR) is 72.5 cm³/mol. The molecule has 1 N–H and O–H groups in total. The molecule has 0 unspecified atom stereocenters. The molecule has 0 radical (unpaired) electrons. The number of carbonyl (C=O) groups excluding carboxylic acids is 2. The topological polar surface area (TPSA) is 68.5 Å². The Morgan fingerprint density at radius 3 is 2.70 bits per heavy atom. The Balaban J connectivity index is 1.76. The van der Waals surface area contributed by atoms with Crippen molar-refractivity contribution >= 4 is 11.9 Å². The molecular formula is C15H15NO4. The zero-order chi connectivity index (χ0) is 14.4. The minimum Gasteiger partial charge on any atom is -0.459 e. The van der Waals surface area contributed by atoms with E-state index in [1.807, 2.05) is 19.1 Å². The van der Waals surface area contributed by atoms with E-state index in [9.17, 15) is 9.59 Å². The van der Waals surface area contributed by atoms with Gasteiger partial charge >= 0.3 is 5.97 Å². The highest BCUT2D eigenvalue weighted by atomic mass is 16.5. The van der Waals surface area contributed by atoms with Crippen LogP contribution in [0.4, 0.5) is 0 Å². The summed E-state index contributed by atoms with van der Waals surface area (Å²) in [4.78, 5) is 23.2. The summed E-state index contributed by atoms with van der Waals surface area (Å²) in [7, 11) is 0. The van der Waals surface area contributed by atoms with Crippen molar-refractivity contribution in [3.8, 4) is 5.75 Å². The largest absolute Gasteiger partial charge is 0.459 e. The Morgan fingerprint density at radius 1 is 1.20 bits per heavy atom. The van der Waals surface area contributed by atoms with Crippen molar-refractivity contribution in [1.29, 1.82) is 0 Å². The van der Waals surface area contributed by atoms with Gasteiger partial charge in [0.05, 0.1) is 12.7 Å². The average molecular weight is 273 g/mol. The van der Waals surface area contributed by atoms with Crippen molar-refractivity contribution in [3.63, 3.8) is 0 Å². The zero-order valence-electron chi connectivity index (χ0n) is 11.1. The summed E-state index contributed by atoms with van der Waals surface area (Å²) in [6.45, 7) is 2.06. The number of amides is 1. The van der Waals surface area contributed by atoms with Crippen molar-refractivity contribution in [2.45, 2.75) is 13.3 Å². The zero-order valence-corrected chi connectivity index (χ0v) is 11.1. The average Bonchev–Trinajstić information content (AvgIpc) is 2.95. The fraction of sp³-hybridized carbons (Fsp3) is 0.200. The Morgan fingerprint density at radius 2 is 2.00 bits per heavy atom. The number of furan rings is 1. The number of rotatable bonds is 5. The van der Waals surface area contributed by atoms with Crippen LogP contribution >= 0.6 is 0 Å². The number of hydrogen-bond donors (Lipinski definition) is 1. The number of esters is 1. The molecule has 0 spiro atoms. The maximum Gasteiger partial charge on any atom is 0.312 e. The van der Waals surface area contributed by atoms with Crippen molar-refractivity contribution in [2.75, 3.05) is 6.54 Å². The summed E-state index contributed by atoms with van der Waals surface area (Å²) in [5.74, 6) is 0.0184. The van der Waals surface area contributed by atoms with Crippen LogP contribution in [0.3, 0.4) is 0 Å². The Kier molecular flexibility index (Phi) is 4.55. The molecule has 0 bridgehead atoms. The molecule has 0 aliphatic heterocycles. The first-order valence-electron chi connectivity index (χ1n) is 6.25. The molecule has 1 heterocycles. The van der Waals surface area contributed by atoms with Gasteiger partial charge in [0.25, 0.3) is 5.91 Å². The second kappa shape index (κ2) is 6.56. The molecule has 5 nitrogen and oxygen atoms in total. The van der Waals surface area contributed by atoms with Gasteiger partial charge in [0, 0.05) is 6.54 Å². The highest BCUT2D eigenvalue weighted by Gasteiger charge is 2.10. The lowest BCUT2D eigenvalue weighted by Gasteiger charge is -2.07. The van der Waals surface area contributed by atoms with Gasteiger partial charge in [-0.1, -0.05) is 18.2 Å². The summed E-state index contributed by atoms with van der Waals surface area (Å²) in [5.41, 5.74) is 0.889. The normalized spacial score (nSPS) is 10.1. The molecule has 2 aromatic rings. The minimum absolute atomic E-state index is 0.0980. The van der Waals surface area contributed by atoms with E-state index in [0.29, 0.717) is 5.75 Å². The van der Waals surface area contributed by atoms with Crippen LogP contribution in [-0.2, 0) is 4.79 Å². The van der Waals surface area contributed by atoms with Crippen LogP contribution in [0.25, 0.3) is 0 Å². The third kappa shape index (κ3) is 3.71. The Hall–Kier alpha value is -2.56. The maximum absolute atomic E-state index is 11.6. The molecule has 1 aromatic carbocycles. The third-order valence-corrected chi connectivity index (χ3v) is 2.68. The SMILES string of the molecule is Cc1ccccc1OC(=O)CCNC(=O)c1ccco1. The van der Waals surface area contributed by atoms with E-state index in [2.05, 4.69) is 5.32 Å². The van der Waals surface area contributed by atoms with Crippen LogP contribution in [0.5, 0.6) is 5.75 Å². The number of ether oxygens (including phenoxy) is 1. The summed E-state index contributed by atoms with van der Waals surface area (Å²) in [6.07, 6.45) is 1.52. The Bertz CT molecular complexity index is 590. The molecule has 1 aromatic heterocycles. The predicted octanol–water partition coefficient (Wildman–Crippen LogP) is 2.31. The van der Waals surface area contributed by atoms with E-state index in [4.69, 9.17) is 9.15 Å². The lowest BCUT2D eigenvalue weighted by atomic mass is 10.2. The van der Waals surface area contributed by atoms with Gasteiger partial charge in [-0.2, -0.15) is 0 Å². The summed E-state index contributed by atoms with van der Waals surface area (Å²) in [5, 5.41) is 2.58. The van der Waals surface area contributed by atoms with E-state index < -0.39 is 0 Å². The lowest BCUT2D eigenvalue weighted by molar-refractivity contribution is -0.134. The smallest absolute Gasteiger partial charge is 0.312 e. The fourth-order valence-corrected chi connectivity index (χ4v) is 1.62. The van der Waals surface area contributed by atoms with Gasteiger partial charge in [-0.15, -0.1) is 0 Å². The van der Waals surface area contributed by atoms with Crippen molar-refractivity contribution < 1.29 is 18.7 Å². The molecule has 1 amide bonds. The van der Waals surface area contributed by atoms with Crippen LogP contribution < -0.4 is 10.1 Å². The molecule has 0 fully saturated rings. The van der Waals surface area contributed by atoms with Crippen LogP contribution in [0, 0.1) is 6.92 Å². The molecule has 104 valence electrons. The van der Waals surface area contributed by atoms with Gasteiger partial charge in [-0.3, -0.25) is 9.59 Å². The van der Waals surface area contributed by atoms with Crippen LogP contribution in [0.1, 0.15) is 22.5 Å². The first-order chi connectivity index (χ1) is 9.66. The quantitative estimate of drug-likeness (QED) is 0.670. The third-order valence-electron chi connectivity index (χ3n) is 2.68. The maximum atomic E-state index is 11.6. The molecular weight excluding hydrogens is 258 g/mol. The van der Waals surface area contributed by atoms with Crippen molar-refractivity contribution in [2.24, 2.45) is 0 Å². The molecule has 2 rings (SSSR count). The Labute approximate surface area is 116 Å². The van der Waals surface area contributed by atoms with Gasteiger partial charge in [0.2, 0.25) is 0 Å². The van der Waals surface area contributed by atoms with Crippen molar-refractivity contribution in [3.05, 3.63) is 54.0 Å². The van der Waals surface area contributed by atoms with Gasteiger partial charge in [-0.05, 0) is 30.7 Å². The van der Waals surface area contributed by atoms with Crippen molar-refractivity contribution in [1.82, 2.24) is 5.32 Å². The first-order valence-corrected chi connectivity index (χ1v) is 6.25. The van der Waals surface area contributed by atoms with E-state index in [-0.39, 0.29) is 30.6 Å². The number of carbonyl (C=O) groups is 2. The molecule has 0 atom stereocenters. The second-order valence-electron chi connectivity index (χ2n) is 4.22. The molecule has 0 aliphatic rings. The molecule has 5 heteroatoms. The molecule has 20 heavy (non-hydrogen) atoms. The summed E-state index contributed by atoms with van der Waals surface area (Å²) >= 11 is 0. The van der Waals surface area contributed by atoms with E-state index >= 15 is 0 Å². The second-order valence-corrected chi connectivity index (χ2v) is 4.22. The first kappa shape index (κ1) is 13.9. The number of benzene rings is 1. The number of aryl methyl sites for hydroxylation is 1. The molecule has 0 saturated carbocycles. The molecule has 0 aliphatic carbocycles. The number of para-hydroxylation sites is 1. The van der Waals surface area contributed by atoms with E-state index in [1.54, 1.807) is 24.3 Å². The van der Waals surface area contributed by atoms with Gasteiger partial charge in [0.15, 0.2) is 5.76 Å². The van der Waals surface area contributed by atoms with Gasteiger partial charge in [0.1, 0.15) is 5.75 Å². The summed E-state index contributed by atoms with van der Waals surface area (Å²) < 4.78 is 10.1. The minimum atomic E-state index is -0.390.